The first-order valence-corrected chi connectivity index (χ1v) is 9.35. The highest BCUT2D eigenvalue weighted by Gasteiger charge is 2.45. The van der Waals surface area contributed by atoms with Crippen LogP contribution in [0.2, 0.25) is 5.02 Å². The third-order valence-electron chi connectivity index (χ3n) is 6.15. The lowest BCUT2D eigenvalue weighted by atomic mass is 9.80. The lowest BCUT2D eigenvalue weighted by Crippen LogP contribution is -2.43. The fourth-order valence-corrected chi connectivity index (χ4v) is 4.40. The number of hydrogen-bond acceptors (Lipinski definition) is 2. The molecule has 1 aromatic rings. The molecule has 130 valence electrons. The monoisotopic (exact) mass is 348 g/mol. The second kappa shape index (κ2) is 6.23. The molecule has 0 atom stereocenters. The number of carbonyl (C=O) groups is 1. The van der Waals surface area contributed by atoms with Gasteiger partial charge in [0, 0.05) is 43.3 Å². The summed E-state index contributed by atoms with van der Waals surface area (Å²) < 4.78 is 5.48. The maximum atomic E-state index is 12.6. The number of amides is 2. The molecule has 2 heterocycles. The molecule has 1 aromatic carbocycles. The zero-order valence-corrected chi connectivity index (χ0v) is 14.8. The largest absolute Gasteiger partial charge is 0.381 e. The number of hydrogen-bond donors (Lipinski definition) is 1. The number of nitrogens with one attached hydrogen (secondary N) is 1. The normalized spacial score (nSPS) is 24.1. The summed E-state index contributed by atoms with van der Waals surface area (Å²) >= 11 is 6.12. The van der Waals surface area contributed by atoms with Crippen LogP contribution in [0.3, 0.4) is 0 Å². The molecule has 3 aliphatic rings. The van der Waals surface area contributed by atoms with Crippen LogP contribution < -0.4 is 5.32 Å². The third-order valence-corrected chi connectivity index (χ3v) is 6.38. The average molecular weight is 349 g/mol. The maximum absolute atomic E-state index is 12.6. The van der Waals surface area contributed by atoms with Crippen molar-refractivity contribution in [2.75, 3.05) is 32.8 Å². The van der Waals surface area contributed by atoms with Crippen LogP contribution in [0.4, 0.5) is 4.79 Å². The van der Waals surface area contributed by atoms with Gasteiger partial charge in [-0.15, -0.1) is 0 Å². The van der Waals surface area contributed by atoms with E-state index in [9.17, 15) is 4.79 Å². The van der Waals surface area contributed by atoms with Crippen molar-refractivity contribution in [3.63, 3.8) is 0 Å². The molecule has 1 saturated carbocycles. The Balaban J connectivity index is 1.34. The minimum atomic E-state index is 0.0895. The topological polar surface area (TPSA) is 41.6 Å². The van der Waals surface area contributed by atoms with Crippen LogP contribution in [-0.4, -0.2) is 43.8 Å². The Kier molecular flexibility index (Phi) is 4.21. The minimum absolute atomic E-state index is 0.0895. The van der Waals surface area contributed by atoms with Gasteiger partial charge in [-0.05, 0) is 55.2 Å². The molecule has 0 bridgehead atoms. The number of urea groups is 1. The van der Waals surface area contributed by atoms with Crippen LogP contribution in [0.5, 0.6) is 0 Å². The van der Waals surface area contributed by atoms with Gasteiger partial charge in [0.25, 0.3) is 0 Å². The van der Waals surface area contributed by atoms with Gasteiger partial charge >= 0.3 is 6.03 Å². The molecule has 24 heavy (non-hydrogen) atoms. The highest BCUT2D eigenvalue weighted by atomic mass is 35.5. The summed E-state index contributed by atoms with van der Waals surface area (Å²) in [5, 5.41) is 3.95. The fraction of sp³-hybridized carbons (Fsp3) is 0.632. The first-order valence-electron chi connectivity index (χ1n) is 8.98. The number of ether oxygens (including phenoxy) is 1. The molecule has 1 spiro atoms. The van der Waals surface area contributed by atoms with Gasteiger partial charge in [-0.25, -0.2) is 4.79 Å². The summed E-state index contributed by atoms with van der Waals surface area (Å²) in [5.74, 6) is 0. The predicted molar refractivity (Wildman–Crippen MR) is 94.4 cm³/mol. The highest BCUT2D eigenvalue weighted by molar-refractivity contribution is 6.30. The van der Waals surface area contributed by atoms with Gasteiger partial charge in [-0.1, -0.05) is 23.7 Å². The van der Waals surface area contributed by atoms with Crippen LogP contribution in [0.25, 0.3) is 0 Å². The zero-order valence-electron chi connectivity index (χ0n) is 14.0. The van der Waals surface area contributed by atoms with Crippen molar-refractivity contribution >= 4 is 17.6 Å². The number of benzene rings is 1. The number of rotatable bonds is 3. The molecular weight excluding hydrogens is 324 g/mol. The van der Waals surface area contributed by atoms with Crippen LogP contribution in [0.15, 0.2) is 24.3 Å². The van der Waals surface area contributed by atoms with Crippen molar-refractivity contribution in [3.05, 3.63) is 34.9 Å². The molecule has 5 heteroatoms. The van der Waals surface area contributed by atoms with Crippen molar-refractivity contribution in [3.8, 4) is 0 Å². The quantitative estimate of drug-likeness (QED) is 0.907. The Bertz CT molecular complexity index is 624. The Morgan fingerprint density at radius 1 is 1.21 bits per heavy atom. The smallest absolute Gasteiger partial charge is 0.317 e. The average Bonchev–Trinajstić information content (AvgIpc) is 3.29. The van der Waals surface area contributed by atoms with Crippen LogP contribution in [0, 0.1) is 5.41 Å². The summed E-state index contributed by atoms with van der Waals surface area (Å²) in [5.41, 5.74) is 1.65. The van der Waals surface area contributed by atoms with Crippen molar-refractivity contribution in [1.29, 1.82) is 0 Å². The SMILES string of the molecule is O=C(NCC1(c2cccc(Cl)c2)CC1)N1CCC2(CCOCC2)C1. The predicted octanol–water partition coefficient (Wildman–Crippen LogP) is 3.58. The van der Waals surface area contributed by atoms with Gasteiger partial charge in [0.2, 0.25) is 0 Å². The highest BCUT2D eigenvalue weighted by Crippen LogP contribution is 2.48. The summed E-state index contributed by atoms with van der Waals surface area (Å²) in [4.78, 5) is 14.6. The van der Waals surface area contributed by atoms with E-state index in [-0.39, 0.29) is 11.4 Å². The van der Waals surface area contributed by atoms with E-state index in [1.807, 2.05) is 23.1 Å². The van der Waals surface area contributed by atoms with E-state index in [1.54, 1.807) is 0 Å². The molecule has 0 radical (unpaired) electrons. The molecule has 1 N–H and O–H groups in total. The van der Waals surface area contributed by atoms with Gasteiger partial charge < -0.3 is 15.0 Å². The molecule has 2 aliphatic heterocycles. The molecular formula is C19H25ClN2O2. The van der Waals surface area contributed by atoms with E-state index in [2.05, 4.69) is 11.4 Å². The lowest BCUT2D eigenvalue weighted by molar-refractivity contribution is 0.0208. The minimum Gasteiger partial charge on any atom is -0.381 e. The van der Waals surface area contributed by atoms with Gasteiger partial charge in [-0.2, -0.15) is 0 Å². The Morgan fingerprint density at radius 3 is 2.71 bits per heavy atom. The summed E-state index contributed by atoms with van der Waals surface area (Å²) in [7, 11) is 0. The summed E-state index contributed by atoms with van der Waals surface area (Å²) in [6, 6.07) is 8.14. The van der Waals surface area contributed by atoms with E-state index >= 15 is 0 Å². The van der Waals surface area contributed by atoms with E-state index in [1.165, 1.54) is 5.56 Å². The van der Waals surface area contributed by atoms with E-state index < -0.39 is 0 Å². The van der Waals surface area contributed by atoms with Crippen LogP contribution in [-0.2, 0) is 10.2 Å². The van der Waals surface area contributed by atoms with E-state index in [0.29, 0.717) is 12.0 Å². The molecule has 4 nitrogen and oxygen atoms in total. The standard InChI is InChI=1S/C19H25ClN2O2/c20-16-3-1-2-15(12-16)19(4-5-19)13-21-17(23)22-9-6-18(14-22)7-10-24-11-8-18/h1-3,12H,4-11,13-14H2,(H,21,23). The number of carbonyl (C=O) groups excluding carboxylic acids is 1. The molecule has 2 amide bonds. The Labute approximate surface area is 148 Å². The van der Waals surface area contributed by atoms with Crippen molar-refractivity contribution < 1.29 is 9.53 Å². The van der Waals surface area contributed by atoms with Crippen molar-refractivity contribution in [2.24, 2.45) is 5.41 Å². The third kappa shape index (κ3) is 3.14. The van der Waals surface area contributed by atoms with Gasteiger partial charge in [0.1, 0.15) is 0 Å². The van der Waals surface area contributed by atoms with Crippen molar-refractivity contribution in [2.45, 2.75) is 37.5 Å². The lowest BCUT2D eigenvalue weighted by Gasteiger charge is -2.33. The van der Waals surface area contributed by atoms with Gasteiger partial charge in [0.05, 0.1) is 0 Å². The Hall–Kier alpha value is -1.26. The second-order valence-corrected chi connectivity index (χ2v) is 8.17. The maximum Gasteiger partial charge on any atom is 0.317 e. The molecule has 0 aromatic heterocycles. The van der Waals surface area contributed by atoms with Crippen LogP contribution >= 0.6 is 11.6 Å². The van der Waals surface area contributed by atoms with E-state index in [4.69, 9.17) is 16.3 Å². The summed E-state index contributed by atoms with van der Waals surface area (Å²) in [6.45, 7) is 4.14. The molecule has 0 unspecified atom stereocenters. The first kappa shape index (κ1) is 16.2. The number of nitrogens with zero attached hydrogens (tertiary/aromatic N) is 1. The van der Waals surface area contributed by atoms with Gasteiger partial charge in [0.15, 0.2) is 0 Å². The number of halogens is 1. The van der Waals surface area contributed by atoms with Crippen molar-refractivity contribution in [1.82, 2.24) is 10.2 Å². The summed E-state index contributed by atoms with van der Waals surface area (Å²) in [6.07, 6.45) is 5.53. The molecule has 2 saturated heterocycles. The fourth-order valence-electron chi connectivity index (χ4n) is 4.21. The molecule has 3 fully saturated rings. The molecule has 4 rings (SSSR count). The van der Waals surface area contributed by atoms with Crippen LogP contribution in [0.1, 0.15) is 37.7 Å². The second-order valence-electron chi connectivity index (χ2n) is 7.73. The first-order chi connectivity index (χ1) is 11.6. The molecule has 1 aliphatic carbocycles. The van der Waals surface area contributed by atoms with E-state index in [0.717, 1.165) is 63.4 Å². The number of likely N-dealkylation sites (tertiary alicyclic amines) is 1. The zero-order chi connectivity index (χ0) is 16.6. The Morgan fingerprint density at radius 2 is 2.00 bits per heavy atom. The van der Waals surface area contributed by atoms with Gasteiger partial charge in [-0.3, -0.25) is 0 Å².